The van der Waals surface area contributed by atoms with Gasteiger partial charge in [0, 0.05) is 10.7 Å². The van der Waals surface area contributed by atoms with Crippen LogP contribution in [0, 0.1) is 0 Å². The average molecular weight is 348 g/mol. The van der Waals surface area contributed by atoms with Crippen molar-refractivity contribution in [3.8, 4) is 0 Å². The summed E-state index contributed by atoms with van der Waals surface area (Å²) in [6, 6.07) is 0. The van der Waals surface area contributed by atoms with E-state index in [1.54, 1.807) is 0 Å². The van der Waals surface area contributed by atoms with Gasteiger partial charge >= 0.3 is 26.6 Å². The standard InChI is InChI=1S/C3HClF7NO4S2/c4-18(15,16)12-17(13,14)3(10,11)1(5,6)2(7,8)9/h12H. The van der Waals surface area contributed by atoms with E-state index < -0.39 is 36.6 Å². The van der Waals surface area contributed by atoms with Crippen LogP contribution in [0.25, 0.3) is 0 Å². The molecule has 0 atom stereocenters. The summed E-state index contributed by atoms with van der Waals surface area (Å²) in [4.78, 5) is 0. The zero-order valence-electron chi connectivity index (χ0n) is 7.47. The van der Waals surface area contributed by atoms with E-state index in [4.69, 9.17) is 0 Å². The fraction of sp³-hybridized carbons (Fsp3) is 1.00. The predicted octanol–water partition coefficient (Wildman–Crippen LogP) is 1.18. The second-order valence-corrected chi connectivity index (χ2v) is 6.89. The topological polar surface area (TPSA) is 80.3 Å². The normalized spacial score (nSPS) is 15.8. The third kappa shape index (κ3) is 3.16. The van der Waals surface area contributed by atoms with Crippen molar-refractivity contribution >= 4 is 29.9 Å². The van der Waals surface area contributed by atoms with Gasteiger partial charge in [0.05, 0.1) is 0 Å². The molecule has 0 saturated heterocycles. The van der Waals surface area contributed by atoms with Gasteiger partial charge in [0.15, 0.2) is 0 Å². The van der Waals surface area contributed by atoms with Crippen molar-refractivity contribution in [2.45, 2.75) is 17.4 Å². The molecule has 0 aliphatic rings. The Kier molecular flexibility index (Phi) is 4.26. The molecule has 110 valence electrons. The molecule has 5 nitrogen and oxygen atoms in total. The van der Waals surface area contributed by atoms with Gasteiger partial charge in [0.1, 0.15) is 0 Å². The number of halogens is 8. The van der Waals surface area contributed by atoms with Gasteiger partial charge < -0.3 is 0 Å². The van der Waals surface area contributed by atoms with E-state index in [1.165, 1.54) is 0 Å². The smallest absolute Gasteiger partial charge is 0.205 e. The molecular formula is C3HClF7NO4S2. The maximum absolute atomic E-state index is 12.6. The number of alkyl halides is 7. The third-order valence-electron chi connectivity index (χ3n) is 1.27. The first-order chi connectivity index (χ1) is 7.46. The lowest BCUT2D eigenvalue weighted by atomic mass is 10.3. The average Bonchev–Trinajstić information content (AvgIpc) is 1.95. The van der Waals surface area contributed by atoms with Crippen LogP contribution in [0.4, 0.5) is 30.7 Å². The zero-order chi connectivity index (χ0) is 15.2. The molecule has 0 aromatic heterocycles. The van der Waals surface area contributed by atoms with Crippen LogP contribution in [0.3, 0.4) is 0 Å². The van der Waals surface area contributed by atoms with Crippen LogP contribution < -0.4 is 4.13 Å². The summed E-state index contributed by atoms with van der Waals surface area (Å²) < 4.78 is 125. The molecule has 15 heteroatoms. The van der Waals surface area contributed by atoms with Gasteiger partial charge in [0.2, 0.25) is 0 Å². The second kappa shape index (κ2) is 4.35. The lowest BCUT2D eigenvalue weighted by Crippen LogP contribution is -2.59. The van der Waals surface area contributed by atoms with Crippen molar-refractivity contribution in [2.24, 2.45) is 0 Å². The number of sulfonamides is 1. The van der Waals surface area contributed by atoms with Crippen LogP contribution in [0.15, 0.2) is 0 Å². The van der Waals surface area contributed by atoms with Gasteiger partial charge in [-0.05, 0) is 0 Å². The molecule has 0 fully saturated rings. The Morgan fingerprint density at radius 3 is 1.39 bits per heavy atom. The summed E-state index contributed by atoms with van der Waals surface area (Å²) in [6.07, 6.45) is -6.93. The summed E-state index contributed by atoms with van der Waals surface area (Å²) in [5.41, 5.74) is 0. The Labute approximate surface area is 99.5 Å². The van der Waals surface area contributed by atoms with Crippen LogP contribution in [0.2, 0.25) is 0 Å². The maximum atomic E-state index is 12.6. The fourth-order valence-electron chi connectivity index (χ4n) is 0.517. The monoisotopic (exact) mass is 347 g/mol. The highest BCUT2D eigenvalue weighted by Crippen LogP contribution is 2.48. The highest BCUT2D eigenvalue weighted by molar-refractivity contribution is 8.19. The van der Waals surface area contributed by atoms with Gasteiger partial charge in [-0.2, -0.15) is 39.2 Å². The van der Waals surface area contributed by atoms with Gasteiger partial charge in [-0.15, -0.1) is 0 Å². The molecule has 0 heterocycles. The lowest BCUT2D eigenvalue weighted by Gasteiger charge is -2.27. The summed E-state index contributed by atoms with van der Waals surface area (Å²) in [6.45, 7) is 0. The van der Waals surface area contributed by atoms with E-state index in [1.807, 2.05) is 0 Å². The van der Waals surface area contributed by atoms with Crippen LogP contribution in [0.1, 0.15) is 0 Å². The summed E-state index contributed by atoms with van der Waals surface area (Å²) >= 11 is 0. The van der Waals surface area contributed by atoms with E-state index >= 15 is 0 Å². The van der Waals surface area contributed by atoms with Gasteiger partial charge in [0.25, 0.3) is 10.0 Å². The van der Waals surface area contributed by atoms with Crippen LogP contribution in [-0.4, -0.2) is 34.2 Å². The molecule has 0 amide bonds. The predicted molar refractivity (Wildman–Crippen MR) is 42.8 cm³/mol. The summed E-state index contributed by atoms with van der Waals surface area (Å²) in [5, 5.41) is -6.78. The maximum Gasteiger partial charge on any atom is 0.461 e. The number of rotatable bonds is 4. The molecule has 0 unspecified atom stereocenters. The van der Waals surface area contributed by atoms with Crippen molar-refractivity contribution in [2.75, 3.05) is 0 Å². The summed E-state index contributed by atoms with van der Waals surface area (Å²) in [7, 11) is -8.34. The van der Waals surface area contributed by atoms with Crippen LogP contribution in [-0.2, 0) is 19.3 Å². The Hall–Kier alpha value is -0.340. The van der Waals surface area contributed by atoms with Gasteiger partial charge in [-0.1, -0.05) is 4.13 Å². The minimum atomic E-state index is -7.02. The first kappa shape index (κ1) is 17.7. The molecule has 0 radical (unpaired) electrons. The highest BCUT2D eigenvalue weighted by Gasteiger charge is 2.79. The first-order valence-corrected chi connectivity index (χ1v) is 7.05. The SMILES string of the molecule is O=S(=O)(Cl)NS(=O)(=O)C(F)(F)C(F)(F)C(F)(F)F. The Bertz CT molecular complexity index is 521. The van der Waals surface area contributed by atoms with Crippen molar-refractivity contribution in [1.82, 2.24) is 4.13 Å². The minimum Gasteiger partial charge on any atom is -0.205 e. The molecule has 0 rings (SSSR count). The number of hydrogen-bond acceptors (Lipinski definition) is 4. The molecule has 0 aliphatic heterocycles. The van der Waals surface area contributed by atoms with Crippen LogP contribution >= 0.6 is 10.7 Å². The number of hydrogen-bond donors (Lipinski definition) is 1. The first-order valence-electron chi connectivity index (χ1n) is 3.26. The van der Waals surface area contributed by atoms with Crippen molar-refractivity contribution in [3.63, 3.8) is 0 Å². The molecule has 0 aromatic carbocycles. The van der Waals surface area contributed by atoms with Crippen LogP contribution in [0.5, 0.6) is 0 Å². The van der Waals surface area contributed by atoms with Gasteiger partial charge in [-0.25, -0.2) is 8.42 Å². The molecule has 0 bridgehead atoms. The van der Waals surface area contributed by atoms with Crippen molar-refractivity contribution < 1.29 is 47.6 Å². The van der Waals surface area contributed by atoms with E-state index in [0.29, 0.717) is 0 Å². The van der Waals surface area contributed by atoms with Gasteiger partial charge in [-0.3, -0.25) is 0 Å². The van der Waals surface area contributed by atoms with E-state index in [2.05, 4.69) is 10.7 Å². The largest absolute Gasteiger partial charge is 0.461 e. The van der Waals surface area contributed by atoms with Crippen molar-refractivity contribution in [1.29, 1.82) is 0 Å². The Morgan fingerprint density at radius 1 is 0.833 bits per heavy atom. The second-order valence-electron chi connectivity index (χ2n) is 2.61. The van der Waals surface area contributed by atoms with E-state index in [-0.39, 0.29) is 4.13 Å². The minimum absolute atomic E-state index is 0.206. The molecule has 0 aliphatic carbocycles. The van der Waals surface area contributed by atoms with E-state index in [0.717, 1.165) is 0 Å². The third-order valence-corrected chi connectivity index (χ3v) is 4.44. The fourth-order valence-corrected chi connectivity index (χ4v) is 3.18. The van der Waals surface area contributed by atoms with E-state index in [9.17, 15) is 47.6 Å². The Morgan fingerprint density at radius 2 is 1.17 bits per heavy atom. The molecule has 0 spiro atoms. The zero-order valence-corrected chi connectivity index (χ0v) is 9.86. The number of nitrogens with one attached hydrogen (secondary N) is 1. The summed E-state index contributed by atoms with van der Waals surface area (Å²) in [5.74, 6) is -7.02. The molecule has 18 heavy (non-hydrogen) atoms. The highest BCUT2D eigenvalue weighted by atomic mass is 35.7. The molecular weight excluding hydrogens is 347 g/mol. The molecule has 0 aromatic rings. The lowest BCUT2D eigenvalue weighted by molar-refractivity contribution is -0.332. The molecule has 1 N–H and O–H groups in total. The quantitative estimate of drug-likeness (QED) is 0.612. The van der Waals surface area contributed by atoms with Crippen molar-refractivity contribution in [3.05, 3.63) is 0 Å². The molecule has 0 saturated carbocycles. The Balaban J connectivity index is 5.82.